The molecule has 144 valence electrons. The number of rotatable bonds is 2. The maximum atomic E-state index is 11.0. The van der Waals surface area contributed by atoms with Crippen LogP contribution in [0.15, 0.2) is 24.3 Å². The molecule has 2 heterocycles. The number of aliphatic hydroxyl groups excluding tert-OH is 1. The van der Waals surface area contributed by atoms with E-state index in [0.717, 1.165) is 11.1 Å². The summed E-state index contributed by atoms with van der Waals surface area (Å²) in [5.74, 6) is 1.76. The highest BCUT2D eigenvalue weighted by molar-refractivity contribution is 7.19. The maximum Gasteiger partial charge on any atom is 0.270 e. The summed E-state index contributed by atoms with van der Waals surface area (Å²) in [4.78, 5) is 27.3. The molecule has 1 unspecified atom stereocenters. The van der Waals surface area contributed by atoms with E-state index in [9.17, 15) is 9.59 Å². The van der Waals surface area contributed by atoms with Gasteiger partial charge in [-0.2, -0.15) is 0 Å². The van der Waals surface area contributed by atoms with Crippen molar-refractivity contribution in [2.24, 2.45) is 5.73 Å². The van der Waals surface area contributed by atoms with Crippen molar-refractivity contribution >= 4 is 28.2 Å². The normalized spacial score (nSPS) is 15.1. The second-order valence-electron chi connectivity index (χ2n) is 5.39. The molecule has 1 fully saturated rings. The Labute approximate surface area is 163 Å². The first-order chi connectivity index (χ1) is 12.8. The predicted octanol–water partition coefficient (Wildman–Crippen LogP) is 1.71. The van der Waals surface area contributed by atoms with Crippen LogP contribution in [0.4, 0.5) is 5.00 Å². The Morgan fingerprint density at radius 3 is 2.52 bits per heavy atom. The molecule has 1 atom stereocenters. The van der Waals surface area contributed by atoms with Gasteiger partial charge in [0.1, 0.15) is 16.1 Å². The molecular formula is C19H24N4O3S. The molecule has 8 heteroatoms. The lowest BCUT2D eigenvalue weighted by Crippen LogP contribution is -2.24. The number of amides is 2. The molecule has 1 aromatic carbocycles. The Bertz CT molecular complexity index is 830. The molecule has 1 aromatic heterocycles. The number of hydrogen-bond donors (Lipinski definition) is 3. The Hall–Kier alpha value is -2.89. The Balaban J connectivity index is 0.000000305. The van der Waals surface area contributed by atoms with E-state index in [1.165, 1.54) is 16.2 Å². The van der Waals surface area contributed by atoms with Gasteiger partial charge >= 0.3 is 0 Å². The van der Waals surface area contributed by atoms with E-state index in [1.807, 2.05) is 38.1 Å². The fourth-order valence-corrected chi connectivity index (χ4v) is 3.01. The van der Waals surface area contributed by atoms with Crippen LogP contribution in [0.25, 0.3) is 10.6 Å². The third kappa shape index (κ3) is 5.81. The van der Waals surface area contributed by atoms with Crippen LogP contribution >= 0.6 is 11.3 Å². The number of hydrogen-bond acceptors (Lipinski definition) is 6. The summed E-state index contributed by atoms with van der Waals surface area (Å²) < 4.78 is 0. The van der Waals surface area contributed by atoms with Crippen LogP contribution < -0.4 is 11.5 Å². The van der Waals surface area contributed by atoms with Crippen LogP contribution in [0.3, 0.4) is 0 Å². The number of nitrogen functional groups attached to an aromatic ring is 1. The van der Waals surface area contributed by atoms with Gasteiger partial charge in [0.2, 0.25) is 0 Å². The lowest BCUT2D eigenvalue weighted by atomic mass is 10.1. The fraction of sp³-hybridized carbons (Fsp3) is 0.316. The minimum absolute atomic E-state index is 0.108. The van der Waals surface area contributed by atoms with E-state index in [1.54, 1.807) is 7.05 Å². The lowest BCUT2D eigenvalue weighted by Gasteiger charge is -2.04. The van der Waals surface area contributed by atoms with E-state index in [4.69, 9.17) is 23.0 Å². The highest BCUT2D eigenvalue weighted by Crippen LogP contribution is 2.30. The minimum Gasteiger partial charge on any atom is -0.389 e. The van der Waals surface area contributed by atoms with Crippen molar-refractivity contribution in [3.8, 4) is 22.9 Å². The number of likely N-dealkylation sites (N-methyl/N-ethyl adjacent to an activating group) is 1. The highest BCUT2D eigenvalue weighted by Gasteiger charge is 2.25. The first kappa shape index (κ1) is 22.2. The molecule has 0 radical (unpaired) electrons. The van der Waals surface area contributed by atoms with Crippen molar-refractivity contribution in [2.75, 3.05) is 19.3 Å². The van der Waals surface area contributed by atoms with Gasteiger partial charge in [-0.3, -0.25) is 9.59 Å². The number of benzene rings is 1. The first-order valence-corrected chi connectivity index (χ1v) is 9.21. The van der Waals surface area contributed by atoms with Crippen molar-refractivity contribution in [3.05, 3.63) is 35.5 Å². The summed E-state index contributed by atoms with van der Waals surface area (Å²) in [6, 6.07) is 7.30. The van der Waals surface area contributed by atoms with Crippen LogP contribution in [-0.4, -0.2) is 46.5 Å². The molecule has 7 nitrogen and oxygen atoms in total. The summed E-state index contributed by atoms with van der Waals surface area (Å²) in [6.45, 7) is 4.69. The molecule has 2 aromatic rings. The number of thiazole rings is 1. The van der Waals surface area contributed by atoms with E-state index >= 15 is 0 Å². The number of nitrogens with two attached hydrogens (primary N) is 2. The van der Waals surface area contributed by atoms with Crippen molar-refractivity contribution in [2.45, 2.75) is 26.4 Å². The Morgan fingerprint density at radius 1 is 1.44 bits per heavy atom. The number of aromatic nitrogens is 1. The van der Waals surface area contributed by atoms with Crippen LogP contribution in [0.2, 0.25) is 0 Å². The van der Waals surface area contributed by atoms with Crippen molar-refractivity contribution in [3.63, 3.8) is 0 Å². The number of likely N-dealkylation sites (tertiary alicyclic amines) is 1. The zero-order valence-electron chi connectivity index (χ0n) is 15.6. The van der Waals surface area contributed by atoms with Gasteiger partial charge in [-0.1, -0.05) is 43.2 Å². The van der Waals surface area contributed by atoms with E-state index in [2.05, 4.69) is 10.9 Å². The summed E-state index contributed by atoms with van der Waals surface area (Å²) >= 11 is 1.21. The van der Waals surface area contributed by atoms with Crippen molar-refractivity contribution < 1.29 is 14.7 Å². The van der Waals surface area contributed by atoms with Crippen LogP contribution in [-0.2, 0) is 4.79 Å². The molecule has 1 aliphatic rings. The van der Waals surface area contributed by atoms with Gasteiger partial charge in [-0.25, -0.2) is 4.98 Å². The second kappa shape index (κ2) is 10.3. The number of carbonyl (C=O) groups excluding carboxylic acids is 2. The van der Waals surface area contributed by atoms with Crippen LogP contribution in [0.5, 0.6) is 0 Å². The van der Waals surface area contributed by atoms with Gasteiger partial charge in [0, 0.05) is 24.7 Å². The number of carbonyl (C=O) groups is 2. The molecule has 27 heavy (non-hydrogen) atoms. The van der Waals surface area contributed by atoms with Gasteiger partial charge in [0.15, 0.2) is 5.69 Å². The average molecular weight is 388 g/mol. The monoisotopic (exact) mass is 388 g/mol. The SMILES string of the molecule is C#Cc1cccc(-c2nc(C(N)=O)c(N)s2)c1.CC.CN1CCC(O)C1=O. The predicted molar refractivity (Wildman–Crippen MR) is 108 cm³/mol. The largest absolute Gasteiger partial charge is 0.389 e. The van der Waals surface area contributed by atoms with E-state index in [0.29, 0.717) is 23.0 Å². The lowest BCUT2D eigenvalue weighted by molar-refractivity contribution is -0.133. The standard InChI is InChI=1S/C12H9N3OS.C5H9NO2.C2H6/c1-2-7-4-3-5-8(6-7)12-15-9(10(13)16)11(14)17-12;1-6-3-2-4(7)5(6)8;1-2/h1,3-6H,14H2,(H2,13,16);4,7H,2-3H2,1H3;1-2H3. The van der Waals surface area contributed by atoms with E-state index < -0.39 is 12.0 Å². The smallest absolute Gasteiger partial charge is 0.270 e. The molecule has 0 aliphatic carbocycles. The molecular weight excluding hydrogens is 364 g/mol. The van der Waals surface area contributed by atoms with Gasteiger partial charge in [-0.15, -0.1) is 6.42 Å². The number of primary amides is 1. The molecule has 2 amide bonds. The maximum absolute atomic E-state index is 11.0. The molecule has 0 bridgehead atoms. The third-order valence-corrected chi connectivity index (χ3v) is 4.50. The number of nitrogens with zero attached hydrogens (tertiary/aromatic N) is 2. The molecule has 1 aliphatic heterocycles. The Morgan fingerprint density at radius 2 is 2.11 bits per heavy atom. The van der Waals surface area contributed by atoms with Gasteiger partial charge in [-0.05, 0) is 18.6 Å². The summed E-state index contributed by atoms with van der Waals surface area (Å²) in [7, 11) is 1.69. The molecule has 5 N–H and O–H groups in total. The van der Waals surface area contributed by atoms with Crippen molar-refractivity contribution in [1.82, 2.24) is 9.88 Å². The highest BCUT2D eigenvalue weighted by atomic mass is 32.1. The first-order valence-electron chi connectivity index (χ1n) is 8.39. The quantitative estimate of drug-likeness (QED) is 0.676. The zero-order chi connectivity index (χ0) is 20.6. The van der Waals surface area contributed by atoms with Gasteiger partial charge in [0.25, 0.3) is 11.8 Å². The van der Waals surface area contributed by atoms with Crippen LogP contribution in [0, 0.1) is 12.3 Å². The van der Waals surface area contributed by atoms with Gasteiger partial charge in [0.05, 0.1) is 0 Å². The van der Waals surface area contributed by atoms with Gasteiger partial charge < -0.3 is 21.5 Å². The summed E-state index contributed by atoms with van der Waals surface area (Å²) in [6.07, 6.45) is 5.18. The van der Waals surface area contributed by atoms with Crippen molar-refractivity contribution in [1.29, 1.82) is 0 Å². The zero-order valence-corrected chi connectivity index (χ0v) is 16.4. The Kier molecular flexibility index (Phi) is 8.45. The summed E-state index contributed by atoms with van der Waals surface area (Å²) in [5.41, 5.74) is 12.5. The molecule has 1 saturated heterocycles. The minimum atomic E-state index is -0.722. The van der Waals surface area contributed by atoms with E-state index in [-0.39, 0.29) is 11.6 Å². The third-order valence-electron chi connectivity index (χ3n) is 3.56. The molecule has 0 spiro atoms. The number of anilines is 1. The molecule has 3 rings (SSSR count). The van der Waals surface area contributed by atoms with Crippen LogP contribution in [0.1, 0.15) is 36.3 Å². The molecule has 0 saturated carbocycles. The topological polar surface area (TPSA) is 123 Å². The number of aliphatic hydroxyl groups is 1. The fourth-order valence-electron chi connectivity index (χ4n) is 2.18. The summed E-state index contributed by atoms with van der Waals surface area (Å²) in [5, 5.41) is 9.73. The number of terminal acetylenes is 1. The average Bonchev–Trinajstić information content (AvgIpc) is 3.21. The second-order valence-corrected chi connectivity index (χ2v) is 6.42.